The van der Waals surface area contributed by atoms with E-state index in [0.717, 1.165) is 39.3 Å². The molecule has 3 atom stereocenters. The van der Waals surface area contributed by atoms with Crippen molar-refractivity contribution in [2.45, 2.75) is 31.6 Å². The normalized spacial score (nSPS) is 18.6. The Balaban J connectivity index is 1.34. The predicted octanol–water partition coefficient (Wildman–Crippen LogP) is 8.28. The lowest BCUT2D eigenvalue weighted by Crippen LogP contribution is -2.29. The highest BCUT2D eigenvalue weighted by Gasteiger charge is 2.45. The summed E-state index contributed by atoms with van der Waals surface area (Å²) in [6.45, 7) is 2.19. The molecule has 4 aromatic carbocycles. The molecule has 184 valence electrons. The van der Waals surface area contributed by atoms with Crippen molar-refractivity contribution in [1.29, 1.82) is 0 Å². The summed E-state index contributed by atoms with van der Waals surface area (Å²) >= 11 is 3.65. The molecule has 0 fully saturated rings. The fourth-order valence-electron chi connectivity index (χ4n) is 6.00. The summed E-state index contributed by atoms with van der Waals surface area (Å²) in [5.74, 6) is 0.451. The lowest BCUT2D eigenvalue weighted by atomic mass is 9.80. The van der Waals surface area contributed by atoms with Crippen LogP contribution >= 0.6 is 15.9 Å². The monoisotopic (exact) mass is 549 g/mol. The molecule has 4 nitrogen and oxygen atoms in total. The van der Waals surface area contributed by atoms with Gasteiger partial charge in [-0.2, -0.15) is 0 Å². The third-order valence-electron chi connectivity index (χ3n) is 7.56. The quantitative estimate of drug-likeness (QED) is 0.224. The minimum absolute atomic E-state index is 0.00469. The Morgan fingerprint density at radius 2 is 1.59 bits per heavy atom. The molecular weight excluding hydrogens is 522 g/mol. The van der Waals surface area contributed by atoms with Crippen molar-refractivity contribution >= 4 is 38.6 Å². The zero-order valence-corrected chi connectivity index (χ0v) is 22.2. The van der Waals surface area contributed by atoms with Gasteiger partial charge in [0.1, 0.15) is 0 Å². The first-order chi connectivity index (χ1) is 18.2. The number of H-pyrrole nitrogens is 1. The zero-order chi connectivity index (χ0) is 25.4. The standard InChI is InChI=1S/C32H28BrN3O/c1-2-10-25-22-14-7-9-16-26(22)29(20-11-4-3-5-12-20)30(25)31(37)36-32-34-19-28(35-32)24-17-18-27(33)23-15-8-6-13-21(23)24/h3-9,11-19,25,29-30H,2,10H2,1H3,(H2,34,35,36,37). The molecule has 0 saturated heterocycles. The molecule has 0 radical (unpaired) electrons. The molecule has 1 heterocycles. The lowest BCUT2D eigenvalue weighted by Gasteiger charge is -2.24. The van der Waals surface area contributed by atoms with E-state index in [4.69, 9.17) is 0 Å². The zero-order valence-electron chi connectivity index (χ0n) is 20.6. The smallest absolute Gasteiger partial charge is 0.231 e. The van der Waals surface area contributed by atoms with Gasteiger partial charge in [0.25, 0.3) is 0 Å². The minimum Gasteiger partial charge on any atom is -0.324 e. The minimum atomic E-state index is -0.207. The van der Waals surface area contributed by atoms with Gasteiger partial charge in [0, 0.05) is 16.0 Å². The van der Waals surface area contributed by atoms with Crippen LogP contribution in [0.3, 0.4) is 0 Å². The van der Waals surface area contributed by atoms with E-state index in [0.29, 0.717) is 5.95 Å². The third-order valence-corrected chi connectivity index (χ3v) is 8.25. The molecule has 2 N–H and O–H groups in total. The number of amides is 1. The average molecular weight is 551 g/mol. The number of nitrogens with zero attached hydrogens (tertiary/aromatic N) is 1. The molecule has 0 spiro atoms. The molecule has 1 aliphatic carbocycles. The first-order valence-corrected chi connectivity index (χ1v) is 13.6. The number of anilines is 1. The van der Waals surface area contributed by atoms with Crippen LogP contribution in [0.5, 0.6) is 0 Å². The summed E-state index contributed by atoms with van der Waals surface area (Å²) in [6.07, 6.45) is 3.78. The summed E-state index contributed by atoms with van der Waals surface area (Å²) in [5, 5.41) is 5.40. The SMILES string of the molecule is CCCC1c2ccccc2C(c2ccccc2)C1C(=O)Nc1ncc(-c2ccc(Br)c3ccccc23)[nH]1. The van der Waals surface area contributed by atoms with Crippen LogP contribution in [0.25, 0.3) is 22.0 Å². The Labute approximate surface area is 225 Å². The van der Waals surface area contributed by atoms with Crippen LogP contribution < -0.4 is 5.32 Å². The van der Waals surface area contributed by atoms with Gasteiger partial charge in [0.15, 0.2) is 0 Å². The van der Waals surface area contributed by atoms with E-state index < -0.39 is 0 Å². The lowest BCUT2D eigenvalue weighted by molar-refractivity contribution is -0.120. The van der Waals surface area contributed by atoms with Crippen LogP contribution in [0.2, 0.25) is 0 Å². The summed E-state index contributed by atoms with van der Waals surface area (Å²) in [4.78, 5) is 21.9. The largest absolute Gasteiger partial charge is 0.324 e. The highest BCUT2D eigenvalue weighted by atomic mass is 79.9. The first-order valence-electron chi connectivity index (χ1n) is 12.8. The number of imidazole rings is 1. The molecular formula is C32H28BrN3O. The number of carbonyl (C=O) groups excluding carboxylic acids is 1. The van der Waals surface area contributed by atoms with Crippen LogP contribution in [0.1, 0.15) is 48.3 Å². The van der Waals surface area contributed by atoms with E-state index in [1.54, 1.807) is 6.20 Å². The van der Waals surface area contributed by atoms with Crippen molar-refractivity contribution in [1.82, 2.24) is 9.97 Å². The van der Waals surface area contributed by atoms with Crippen LogP contribution in [-0.4, -0.2) is 15.9 Å². The summed E-state index contributed by atoms with van der Waals surface area (Å²) in [6, 6.07) is 31.4. The molecule has 1 aromatic heterocycles. The van der Waals surface area contributed by atoms with Crippen molar-refractivity contribution in [2.24, 2.45) is 5.92 Å². The number of hydrogen-bond acceptors (Lipinski definition) is 2. The Morgan fingerprint density at radius 3 is 2.38 bits per heavy atom. The van der Waals surface area contributed by atoms with E-state index in [1.165, 1.54) is 16.7 Å². The second-order valence-electron chi connectivity index (χ2n) is 9.71. The number of aromatic amines is 1. The number of rotatable bonds is 6. The molecule has 1 amide bonds. The molecule has 0 bridgehead atoms. The number of aromatic nitrogens is 2. The van der Waals surface area contributed by atoms with Gasteiger partial charge < -0.3 is 4.98 Å². The summed E-state index contributed by atoms with van der Waals surface area (Å²) in [7, 11) is 0. The average Bonchev–Trinajstić information content (AvgIpc) is 3.52. The van der Waals surface area contributed by atoms with E-state index in [1.807, 2.05) is 24.3 Å². The van der Waals surface area contributed by atoms with Crippen LogP contribution in [0.15, 0.2) is 102 Å². The highest BCUT2D eigenvalue weighted by molar-refractivity contribution is 9.10. The predicted molar refractivity (Wildman–Crippen MR) is 154 cm³/mol. The summed E-state index contributed by atoms with van der Waals surface area (Å²) in [5.41, 5.74) is 5.65. The van der Waals surface area contributed by atoms with E-state index in [-0.39, 0.29) is 23.7 Å². The van der Waals surface area contributed by atoms with E-state index in [2.05, 4.69) is 105 Å². The molecule has 0 saturated carbocycles. The van der Waals surface area contributed by atoms with Crippen LogP contribution in [0, 0.1) is 5.92 Å². The molecule has 0 aliphatic heterocycles. The maximum absolute atomic E-state index is 14.0. The van der Waals surface area contributed by atoms with Crippen molar-refractivity contribution in [3.63, 3.8) is 0 Å². The topological polar surface area (TPSA) is 57.8 Å². The van der Waals surface area contributed by atoms with Gasteiger partial charge >= 0.3 is 0 Å². The molecule has 37 heavy (non-hydrogen) atoms. The van der Waals surface area contributed by atoms with Gasteiger partial charge in [-0.05, 0) is 45.9 Å². The second-order valence-corrected chi connectivity index (χ2v) is 10.6. The fraction of sp³-hybridized carbons (Fsp3) is 0.188. The first kappa shape index (κ1) is 23.7. The number of nitrogens with one attached hydrogen (secondary N) is 2. The molecule has 3 unspecified atom stereocenters. The van der Waals surface area contributed by atoms with Gasteiger partial charge in [-0.15, -0.1) is 0 Å². The number of carbonyl (C=O) groups is 1. The molecule has 5 heteroatoms. The van der Waals surface area contributed by atoms with Gasteiger partial charge in [-0.1, -0.05) is 114 Å². The van der Waals surface area contributed by atoms with Gasteiger partial charge in [-0.25, -0.2) is 4.98 Å². The molecule has 5 aromatic rings. The third kappa shape index (κ3) is 4.27. The van der Waals surface area contributed by atoms with Crippen molar-refractivity contribution in [3.05, 3.63) is 118 Å². The fourth-order valence-corrected chi connectivity index (χ4v) is 6.48. The van der Waals surface area contributed by atoms with Crippen molar-refractivity contribution < 1.29 is 4.79 Å². The number of halogens is 1. The maximum Gasteiger partial charge on any atom is 0.231 e. The molecule has 6 rings (SSSR count). The second kappa shape index (κ2) is 9.98. The number of benzene rings is 4. The van der Waals surface area contributed by atoms with Crippen LogP contribution in [0.4, 0.5) is 5.95 Å². The van der Waals surface area contributed by atoms with E-state index >= 15 is 0 Å². The maximum atomic E-state index is 14.0. The van der Waals surface area contributed by atoms with Gasteiger partial charge in [-0.3, -0.25) is 10.1 Å². The number of fused-ring (bicyclic) bond motifs is 2. The highest BCUT2D eigenvalue weighted by Crippen LogP contribution is 2.51. The summed E-state index contributed by atoms with van der Waals surface area (Å²) < 4.78 is 1.05. The Bertz CT molecular complexity index is 1580. The van der Waals surface area contributed by atoms with Crippen molar-refractivity contribution in [2.75, 3.05) is 5.32 Å². The van der Waals surface area contributed by atoms with Crippen molar-refractivity contribution in [3.8, 4) is 11.3 Å². The van der Waals surface area contributed by atoms with Gasteiger partial charge in [0.2, 0.25) is 11.9 Å². The Morgan fingerprint density at radius 1 is 0.892 bits per heavy atom. The molecule has 1 aliphatic rings. The Kier molecular flexibility index (Phi) is 6.39. The van der Waals surface area contributed by atoms with Gasteiger partial charge in [0.05, 0.1) is 17.8 Å². The number of hydrogen-bond donors (Lipinski definition) is 2. The van der Waals surface area contributed by atoms with E-state index in [9.17, 15) is 4.79 Å². The Hall–Kier alpha value is -3.70. The van der Waals surface area contributed by atoms with Crippen LogP contribution in [-0.2, 0) is 4.79 Å².